The van der Waals surface area contributed by atoms with E-state index in [1.54, 1.807) is 0 Å². The molecule has 2 heterocycles. The van der Waals surface area contributed by atoms with Crippen molar-refractivity contribution in [3.63, 3.8) is 0 Å². The fourth-order valence-electron chi connectivity index (χ4n) is 3.29. The monoisotopic (exact) mass is 281 g/mol. The van der Waals surface area contributed by atoms with Crippen molar-refractivity contribution >= 4 is 0 Å². The van der Waals surface area contributed by atoms with Gasteiger partial charge in [0, 0.05) is 12.7 Å². The van der Waals surface area contributed by atoms with Gasteiger partial charge in [0.15, 0.2) is 0 Å². The van der Waals surface area contributed by atoms with Crippen molar-refractivity contribution in [3.8, 4) is 0 Å². The lowest BCUT2D eigenvalue weighted by Crippen LogP contribution is -2.29. The Bertz CT molecular complexity index is 501. The molecule has 0 saturated carbocycles. The number of nitrogens with one attached hydrogen (secondary N) is 1. The first kappa shape index (κ1) is 14.2. The van der Waals surface area contributed by atoms with Gasteiger partial charge in [-0.05, 0) is 50.2 Å². The number of benzene rings is 1. The van der Waals surface area contributed by atoms with E-state index in [2.05, 4.69) is 57.7 Å². The van der Waals surface area contributed by atoms with Gasteiger partial charge >= 0.3 is 0 Å². The van der Waals surface area contributed by atoms with Crippen molar-refractivity contribution in [1.82, 2.24) is 15.2 Å². The summed E-state index contributed by atoms with van der Waals surface area (Å²) in [5.74, 6) is 0.741. The molecule has 110 valence electrons. The fraction of sp³-hybridized carbons (Fsp3) is 0.389. The van der Waals surface area contributed by atoms with Crippen LogP contribution in [0.3, 0.4) is 0 Å². The Hall–Kier alpha value is -1.71. The topological polar surface area (TPSA) is 28.2 Å². The summed E-state index contributed by atoms with van der Waals surface area (Å²) in [4.78, 5) is 7.18. The summed E-state index contributed by atoms with van der Waals surface area (Å²) in [5, 5.41) is 3.31. The smallest absolute Gasteiger partial charge is 0.0776 e. The molecule has 0 radical (unpaired) electrons. The lowest BCUT2D eigenvalue weighted by Gasteiger charge is -2.28. The van der Waals surface area contributed by atoms with Gasteiger partial charge in [-0.1, -0.05) is 36.4 Å². The molecule has 1 N–H and O–H groups in total. The minimum absolute atomic E-state index is 0.272. The molecule has 0 spiro atoms. The van der Waals surface area contributed by atoms with E-state index in [4.69, 9.17) is 0 Å². The minimum Gasteiger partial charge on any atom is -0.319 e. The first-order valence-corrected chi connectivity index (χ1v) is 7.73. The van der Waals surface area contributed by atoms with Gasteiger partial charge in [-0.25, -0.2) is 0 Å². The maximum atomic E-state index is 4.61. The third-order valence-electron chi connectivity index (χ3n) is 4.26. The third-order valence-corrected chi connectivity index (χ3v) is 4.26. The van der Waals surface area contributed by atoms with E-state index >= 15 is 0 Å². The van der Waals surface area contributed by atoms with Crippen LogP contribution in [-0.4, -0.2) is 36.6 Å². The zero-order valence-corrected chi connectivity index (χ0v) is 12.6. The Morgan fingerprint density at radius 2 is 2.00 bits per heavy atom. The first-order chi connectivity index (χ1) is 10.4. The summed E-state index contributed by atoms with van der Waals surface area (Å²) in [6, 6.07) is 17.2. The molecule has 0 bridgehead atoms. The Labute approximate surface area is 127 Å². The molecule has 21 heavy (non-hydrogen) atoms. The van der Waals surface area contributed by atoms with Crippen LogP contribution in [-0.2, 0) is 0 Å². The van der Waals surface area contributed by atoms with Crippen molar-refractivity contribution in [1.29, 1.82) is 0 Å². The highest BCUT2D eigenvalue weighted by Gasteiger charge is 2.30. The number of nitrogens with zero attached hydrogens (tertiary/aromatic N) is 2. The van der Waals surface area contributed by atoms with Crippen LogP contribution in [0.15, 0.2) is 54.7 Å². The van der Waals surface area contributed by atoms with Crippen LogP contribution in [0, 0.1) is 5.92 Å². The highest BCUT2D eigenvalue weighted by molar-refractivity contribution is 5.28. The van der Waals surface area contributed by atoms with Gasteiger partial charge in [0.25, 0.3) is 0 Å². The minimum atomic E-state index is 0.272. The molecule has 1 saturated heterocycles. The Morgan fingerprint density at radius 1 is 1.19 bits per heavy atom. The lowest BCUT2D eigenvalue weighted by molar-refractivity contribution is 0.265. The average Bonchev–Trinajstić information content (AvgIpc) is 2.98. The van der Waals surface area contributed by atoms with Crippen molar-refractivity contribution in [3.05, 3.63) is 66.0 Å². The second kappa shape index (κ2) is 6.83. The quantitative estimate of drug-likeness (QED) is 0.913. The van der Waals surface area contributed by atoms with Gasteiger partial charge in [-0.2, -0.15) is 0 Å². The van der Waals surface area contributed by atoms with Crippen LogP contribution in [0.5, 0.6) is 0 Å². The zero-order valence-electron chi connectivity index (χ0n) is 12.6. The van der Waals surface area contributed by atoms with Crippen LogP contribution in [0.1, 0.15) is 23.7 Å². The van der Waals surface area contributed by atoms with Gasteiger partial charge in [-0.3, -0.25) is 9.88 Å². The van der Waals surface area contributed by atoms with Crippen LogP contribution in [0.25, 0.3) is 0 Å². The van der Waals surface area contributed by atoms with Crippen molar-refractivity contribution in [2.24, 2.45) is 5.92 Å². The maximum Gasteiger partial charge on any atom is 0.0776 e. The molecule has 1 aromatic heterocycles. The number of hydrogen-bond donors (Lipinski definition) is 1. The predicted molar refractivity (Wildman–Crippen MR) is 86.1 cm³/mol. The van der Waals surface area contributed by atoms with Crippen LogP contribution in [0.4, 0.5) is 0 Å². The van der Waals surface area contributed by atoms with E-state index in [0.717, 1.165) is 31.2 Å². The number of rotatable bonds is 5. The van der Waals surface area contributed by atoms with E-state index in [1.165, 1.54) is 12.0 Å². The second-order valence-corrected chi connectivity index (χ2v) is 5.78. The highest BCUT2D eigenvalue weighted by atomic mass is 15.2. The number of pyridine rings is 1. The molecule has 2 aromatic rings. The first-order valence-electron chi connectivity index (χ1n) is 7.73. The van der Waals surface area contributed by atoms with Crippen LogP contribution < -0.4 is 5.32 Å². The Balaban J connectivity index is 1.87. The largest absolute Gasteiger partial charge is 0.319 e. The third kappa shape index (κ3) is 3.31. The summed E-state index contributed by atoms with van der Waals surface area (Å²) < 4.78 is 0. The Morgan fingerprint density at radius 3 is 2.71 bits per heavy atom. The van der Waals surface area contributed by atoms with Gasteiger partial charge in [0.2, 0.25) is 0 Å². The summed E-state index contributed by atoms with van der Waals surface area (Å²) in [6.07, 6.45) is 3.16. The van der Waals surface area contributed by atoms with E-state index in [-0.39, 0.29) is 6.04 Å². The number of likely N-dealkylation sites (tertiary alicyclic amines) is 1. The second-order valence-electron chi connectivity index (χ2n) is 5.78. The van der Waals surface area contributed by atoms with Gasteiger partial charge in [0.05, 0.1) is 11.7 Å². The molecular formula is C18H23N3. The molecular weight excluding hydrogens is 258 g/mol. The van der Waals surface area contributed by atoms with Gasteiger partial charge in [-0.15, -0.1) is 0 Å². The lowest BCUT2D eigenvalue weighted by atomic mass is 10.0. The SMILES string of the molecule is CNCC1CCN(C(c2ccccc2)c2ccccn2)C1. The van der Waals surface area contributed by atoms with Crippen LogP contribution in [0.2, 0.25) is 0 Å². The molecule has 3 nitrogen and oxygen atoms in total. The molecule has 1 aliphatic heterocycles. The molecule has 2 unspecified atom stereocenters. The zero-order chi connectivity index (χ0) is 14.5. The van der Waals surface area contributed by atoms with Crippen molar-refractivity contribution < 1.29 is 0 Å². The van der Waals surface area contributed by atoms with Gasteiger partial charge < -0.3 is 5.32 Å². The molecule has 1 aliphatic rings. The molecule has 3 heteroatoms. The van der Waals surface area contributed by atoms with E-state index in [9.17, 15) is 0 Å². The molecule has 3 rings (SSSR count). The maximum absolute atomic E-state index is 4.61. The summed E-state index contributed by atoms with van der Waals surface area (Å²) >= 11 is 0. The molecule has 0 amide bonds. The molecule has 2 atom stereocenters. The van der Waals surface area contributed by atoms with Crippen molar-refractivity contribution in [2.75, 3.05) is 26.7 Å². The van der Waals surface area contributed by atoms with Crippen molar-refractivity contribution in [2.45, 2.75) is 12.5 Å². The highest BCUT2D eigenvalue weighted by Crippen LogP contribution is 2.31. The van der Waals surface area contributed by atoms with Gasteiger partial charge in [0.1, 0.15) is 0 Å². The predicted octanol–water partition coefficient (Wildman–Crippen LogP) is 2.71. The van der Waals surface area contributed by atoms with E-state index in [1.807, 2.05) is 19.3 Å². The molecule has 1 aromatic carbocycles. The average molecular weight is 281 g/mol. The number of hydrogen-bond acceptors (Lipinski definition) is 3. The molecule has 0 aliphatic carbocycles. The molecule has 1 fully saturated rings. The summed E-state index contributed by atoms with van der Waals surface area (Å²) in [7, 11) is 2.04. The van der Waals surface area contributed by atoms with E-state index in [0.29, 0.717) is 0 Å². The summed E-state index contributed by atoms with van der Waals surface area (Å²) in [5.41, 5.74) is 2.48. The number of aromatic nitrogens is 1. The standard InChI is InChI=1S/C18H23N3/c1-19-13-15-10-12-21(14-15)18(16-7-3-2-4-8-16)17-9-5-6-11-20-17/h2-9,11,15,18-19H,10,12-14H2,1H3. The Kier molecular flexibility index (Phi) is 4.63. The van der Waals surface area contributed by atoms with E-state index < -0.39 is 0 Å². The van der Waals surface area contributed by atoms with Crippen LogP contribution >= 0.6 is 0 Å². The normalized spacial score (nSPS) is 20.5. The summed E-state index contributed by atoms with van der Waals surface area (Å²) in [6.45, 7) is 3.37. The fourth-order valence-corrected chi connectivity index (χ4v) is 3.29.